The summed E-state index contributed by atoms with van der Waals surface area (Å²) in [5, 5.41) is 10.9. The van der Waals surface area contributed by atoms with E-state index in [1.807, 2.05) is 46.2 Å². The number of carbonyl (C=O) groups excluding carboxylic acids is 7. The number of nitrogens with one attached hydrogen (secondary N) is 4. The van der Waals surface area contributed by atoms with Crippen molar-refractivity contribution < 1.29 is 57.2 Å². The minimum Gasteiger partial charge on any atom is -0.493 e. The number of aliphatic imine (C=N–C) groups is 2. The van der Waals surface area contributed by atoms with Crippen LogP contribution in [0.15, 0.2) is 107 Å². The first kappa shape index (κ1) is 63.0. The second-order valence-electron chi connectivity index (χ2n) is 22.4. The normalized spacial score (nSPS) is 15.9. The van der Waals surface area contributed by atoms with Crippen LogP contribution in [0, 0.1) is 5.92 Å². The van der Waals surface area contributed by atoms with Crippen molar-refractivity contribution in [3.05, 3.63) is 136 Å². The predicted octanol–water partition coefficient (Wildman–Crippen LogP) is 6.90. The molecular formula is C65H77N11O12. The van der Waals surface area contributed by atoms with Gasteiger partial charge in [0.1, 0.15) is 31.9 Å². The highest BCUT2D eigenvalue weighted by atomic mass is 16.6. The minimum atomic E-state index is -1.06. The highest BCUT2D eigenvalue weighted by molar-refractivity contribution is 6.05. The number of amides is 8. The molecule has 4 aliphatic heterocycles. The lowest BCUT2D eigenvalue weighted by Gasteiger charge is -2.34. The van der Waals surface area contributed by atoms with Crippen molar-refractivity contribution in [1.29, 1.82) is 0 Å². The van der Waals surface area contributed by atoms with Gasteiger partial charge < -0.3 is 71.1 Å². The third-order valence-electron chi connectivity index (χ3n) is 15.9. The first-order chi connectivity index (χ1) is 42.6. The Labute approximate surface area is 511 Å². The number of ether oxygens (including phenoxy) is 5. The average Bonchev–Trinajstić information content (AvgIpc) is 2.06. The van der Waals surface area contributed by atoms with Gasteiger partial charge in [-0.1, -0.05) is 80.9 Å². The zero-order valence-corrected chi connectivity index (χ0v) is 50.1. The summed E-state index contributed by atoms with van der Waals surface area (Å²) in [5.41, 5.74) is 17.9. The van der Waals surface area contributed by atoms with Crippen molar-refractivity contribution in [2.75, 3.05) is 58.9 Å². The van der Waals surface area contributed by atoms with Crippen molar-refractivity contribution in [1.82, 2.24) is 30.7 Å². The number of methoxy groups -OCH3 is 2. The van der Waals surface area contributed by atoms with E-state index in [1.54, 1.807) is 74.8 Å². The van der Waals surface area contributed by atoms with Crippen molar-refractivity contribution in [3.8, 4) is 23.0 Å². The lowest BCUT2D eigenvalue weighted by Crippen LogP contribution is -2.54. The number of urea groups is 1. The summed E-state index contributed by atoms with van der Waals surface area (Å²) in [7, 11) is 2.96. The molecule has 88 heavy (non-hydrogen) atoms. The number of nitrogens with two attached hydrogens (primary N) is 2. The van der Waals surface area contributed by atoms with Crippen molar-refractivity contribution >= 4 is 71.2 Å². The van der Waals surface area contributed by atoms with Crippen LogP contribution < -0.4 is 51.7 Å². The SMILES string of the molecule is COc1cc2c(cc1OCCN(CCOc1cc3c(cc1OC)C(=O)N1Cc4ccccc4C[C@H]1C=N3)C(=O)OCc1ccc(NC(=O)[C@H](CCCNC(N)=O)NC(=O)[C@@H](NC(=O)CCCCCN)C(C)C)cc1)N=CC1Cc3ccccc3CN1C2=O. The van der Waals surface area contributed by atoms with Crippen LogP contribution in [0.1, 0.15) is 101 Å². The van der Waals surface area contributed by atoms with Gasteiger partial charge in [0.25, 0.3) is 11.8 Å². The molecule has 0 aromatic heterocycles. The molecule has 0 fully saturated rings. The molecular weight excluding hydrogens is 1130 g/mol. The third kappa shape index (κ3) is 15.7. The lowest BCUT2D eigenvalue weighted by atomic mass is 9.94. The molecule has 8 amide bonds. The van der Waals surface area contributed by atoms with Gasteiger partial charge >= 0.3 is 12.1 Å². The van der Waals surface area contributed by atoms with Gasteiger partial charge in [0.2, 0.25) is 17.7 Å². The molecule has 4 heterocycles. The largest absolute Gasteiger partial charge is 0.493 e. The van der Waals surface area contributed by atoms with E-state index in [9.17, 15) is 33.6 Å². The Morgan fingerprint density at radius 3 is 1.73 bits per heavy atom. The zero-order chi connectivity index (χ0) is 62.3. The molecule has 9 rings (SSSR count). The van der Waals surface area contributed by atoms with Crippen LogP contribution in [0.5, 0.6) is 23.0 Å². The quantitative estimate of drug-likeness (QED) is 0.0292. The molecule has 4 aliphatic rings. The number of hydrogen-bond acceptors (Lipinski definition) is 15. The second-order valence-corrected chi connectivity index (χ2v) is 22.4. The number of rotatable bonds is 27. The number of hydrogen-bond donors (Lipinski definition) is 6. The maximum atomic E-state index is 14.2. The second kappa shape index (κ2) is 29.7. The number of fused-ring (bicyclic) bond motifs is 6. The molecule has 0 bridgehead atoms. The highest BCUT2D eigenvalue weighted by Gasteiger charge is 2.36. The monoisotopic (exact) mass is 1200 g/mol. The van der Waals surface area contributed by atoms with Crippen LogP contribution in [0.3, 0.4) is 0 Å². The topological polar surface area (TPSA) is 300 Å². The molecule has 23 heteroatoms. The van der Waals surface area contributed by atoms with E-state index in [4.69, 9.17) is 45.1 Å². The van der Waals surface area contributed by atoms with E-state index < -0.39 is 36.0 Å². The number of anilines is 1. The molecule has 464 valence electrons. The Morgan fingerprint density at radius 1 is 0.670 bits per heavy atom. The van der Waals surface area contributed by atoms with Crippen LogP contribution >= 0.6 is 0 Å². The first-order valence-corrected chi connectivity index (χ1v) is 29.8. The van der Waals surface area contributed by atoms with Crippen LogP contribution in [-0.4, -0.2) is 147 Å². The predicted molar refractivity (Wildman–Crippen MR) is 331 cm³/mol. The van der Waals surface area contributed by atoms with Crippen molar-refractivity contribution in [3.63, 3.8) is 0 Å². The Bertz CT molecular complexity index is 3280. The summed E-state index contributed by atoms with van der Waals surface area (Å²) in [6.07, 6.45) is 6.98. The van der Waals surface area contributed by atoms with Crippen molar-refractivity contribution in [2.24, 2.45) is 27.4 Å². The summed E-state index contributed by atoms with van der Waals surface area (Å²) in [5.74, 6) is -0.814. The van der Waals surface area contributed by atoms with Gasteiger partial charge in [-0.3, -0.25) is 34.0 Å². The van der Waals surface area contributed by atoms with Crippen LogP contribution in [-0.2, 0) is 51.7 Å². The molecule has 0 saturated carbocycles. The van der Waals surface area contributed by atoms with E-state index in [-0.39, 0.29) is 88.0 Å². The van der Waals surface area contributed by atoms with Gasteiger partial charge in [-0.2, -0.15) is 0 Å². The number of carbonyl (C=O) groups is 7. The molecule has 0 radical (unpaired) electrons. The molecule has 5 aromatic rings. The fourth-order valence-corrected chi connectivity index (χ4v) is 11.1. The summed E-state index contributed by atoms with van der Waals surface area (Å²) >= 11 is 0. The standard InChI is InChI=1S/C65H77N11O12/c1-40(2)59(73-58(77)18-6-5-11-23-66)61(79)72-51(17-12-24-68-64(67)82)60(78)71-46-21-19-41(20-22-46)39-88-65(83)74(25-27-86-56-33-52-49(31-54(56)84-3)62(80)75-37-44-15-9-7-13-42(44)29-47(75)35-69-52)26-28-87-57-34-53-50(32-55(57)85-4)63(81)76-38-45-16-10-8-14-43(45)30-48(76)36-70-53/h7-10,13-16,19-22,31-36,40,47-48,51,59H,5-6,11-12,17-18,23-30,37-39,66H2,1-4H3,(H,71,78)(H,72,79)(H,73,77)(H3,67,68,82)/t47-,48?,51-,59-/m0/s1. The Kier molecular flexibility index (Phi) is 21.3. The maximum Gasteiger partial charge on any atom is 0.410 e. The minimum absolute atomic E-state index is 0.000735. The summed E-state index contributed by atoms with van der Waals surface area (Å²) in [6, 6.07) is 26.1. The molecule has 1 unspecified atom stereocenters. The van der Waals surface area contributed by atoms with Gasteiger partial charge in [-0.05, 0) is 103 Å². The summed E-state index contributed by atoms with van der Waals surface area (Å²) in [6.45, 7) is 4.88. The van der Waals surface area contributed by atoms with Crippen LogP contribution in [0.2, 0.25) is 0 Å². The smallest absolute Gasteiger partial charge is 0.410 e. The van der Waals surface area contributed by atoms with Gasteiger partial charge in [0, 0.05) is 56.3 Å². The fraction of sp³-hybridized carbons (Fsp3) is 0.400. The van der Waals surface area contributed by atoms with E-state index in [2.05, 4.69) is 33.4 Å². The number of primary amides is 1. The number of benzene rings is 5. The maximum absolute atomic E-state index is 14.2. The Hall–Kier alpha value is -9.51. The van der Waals surface area contributed by atoms with Gasteiger partial charge in [-0.25, -0.2) is 9.59 Å². The third-order valence-corrected chi connectivity index (χ3v) is 15.9. The number of unbranched alkanes of at least 4 members (excludes halogenated alkanes) is 2. The van der Waals surface area contributed by atoms with Gasteiger partial charge in [0.15, 0.2) is 23.0 Å². The van der Waals surface area contributed by atoms with E-state index in [0.717, 1.165) is 24.0 Å². The average molecular weight is 1200 g/mol. The number of nitrogens with zero attached hydrogens (tertiary/aromatic N) is 5. The molecule has 8 N–H and O–H groups in total. The lowest BCUT2D eigenvalue weighted by molar-refractivity contribution is -0.132. The van der Waals surface area contributed by atoms with E-state index >= 15 is 0 Å². The Balaban J connectivity index is 0.873. The molecule has 5 aromatic carbocycles. The molecule has 0 spiro atoms. The van der Waals surface area contributed by atoms with Crippen LogP contribution in [0.4, 0.5) is 26.7 Å². The van der Waals surface area contributed by atoms with Gasteiger partial charge in [-0.15, -0.1) is 0 Å². The van der Waals surface area contributed by atoms with Gasteiger partial charge in [0.05, 0.1) is 61.9 Å². The fourth-order valence-electron chi connectivity index (χ4n) is 11.1. The Morgan fingerprint density at radius 2 is 1.22 bits per heavy atom. The molecule has 4 atom stereocenters. The van der Waals surface area contributed by atoms with E-state index in [0.29, 0.717) is 102 Å². The van der Waals surface area contributed by atoms with Crippen LogP contribution in [0.25, 0.3) is 0 Å². The van der Waals surface area contributed by atoms with E-state index in [1.165, 1.54) is 30.2 Å². The molecule has 0 aliphatic carbocycles. The first-order valence-electron chi connectivity index (χ1n) is 29.8. The summed E-state index contributed by atoms with van der Waals surface area (Å²) in [4.78, 5) is 109. The zero-order valence-electron chi connectivity index (χ0n) is 50.1. The molecule has 0 saturated heterocycles. The highest BCUT2D eigenvalue weighted by Crippen LogP contribution is 2.40. The molecule has 23 nitrogen and oxygen atoms in total. The van der Waals surface area contributed by atoms with Crippen molar-refractivity contribution in [2.45, 2.75) is 109 Å². The summed E-state index contributed by atoms with van der Waals surface area (Å²) < 4.78 is 30.0.